The molecule has 0 bridgehead atoms. The summed E-state index contributed by atoms with van der Waals surface area (Å²) >= 11 is 3.41. The zero-order valence-electron chi connectivity index (χ0n) is 6.34. The van der Waals surface area contributed by atoms with Crippen LogP contribution in [0.2, 0.25) is 0 Å². The van der Waals surface area contributed by atoms with Crippen molar-refractivity contribution in [1.82, 2.24) is 0 Å². The van der Waals surface area contributed by atoms with Crippen LogP contribution in [-0.2, 0) is 18.0 Å². The number of fused-ring (bicyclic) bond motifs is 1. The molecule has 0 saturated heterocycles. The fourth-order valence-electron chi connectivity index (χ4n) is 1.37. The van der Waals surface area contributed by atoms with Crippen molar-refractivity contribution in [3.8, 4) is 0 Å². The molecule has 12 heavy (non-hydrogen) atoms. The van der Waals surface area contributed by atoms with E-state index in [2.05, 4.69) is 15.9 Å². The first-order valence-electron chi connectivity index (χ1n) is 3.66. The SMILES string of the molecule is O=Cc1ccc(Br)c2c1COC2. The van der Waals surface area contributed by atoms with Crippen LogP contribution in [0.25, 0.3) is 0 Å². The van der Waals surface area contributed by atoms with Gasteiger partial charge in [0.05, 0.1) is 13.2 Å². The number of carbonyl (C=O) groups excluding carboxylic acids is 1. The number of benzene rings is 1. The first-order valence-corrected chi connectivity index (χ1v) is 4.45. The number of hydrogen-bond acceptors (Lipinski definition) is 2. The van der Waals surface area contributed by atoms with Crippen molar-refractivity contribution in [1.29, 1.82) is 0 Å². The van der Waals surface area contributed by atoms with Crippen LogP contribution in [0.4, 0.5) is 0 Å². The van der Waals surface area contributed by atoms with E-state index < -0.39 is 0 Å². The van der Waals surface area contributed by atoms with Gasteiger partial charge < -0.3 is 4.74 Å². The fourth-order valence-corrected chi connectivity index (χ4v) is 1.86. The Morgan fingerprint density at radius 2 is 2.08 bits per heavy atom. The molecule has 62 valence electrons. The van der Waals surface area contributed by atoms with Gasteiger partial charge in [-0.2, -0.15) is 0 Å². The molecule has 1 heterocycles. The Morgan fingerprint density at radius 1 is 1.33 bits per heavy atom. The highest BCUT2D eigenvalue weighted by Gasteiger charge is 2.17. The summed E-state index contributed by atoms with van der Waals surface area (Å²) in [6.07, 6.45) is 0.875. The highest BCUT2D eigenvalue weighted by atomic mass is 79.9. The average Bonchev–Trinajstić information content (AvgIpc) is 2.54. The summed E-state index contributed by atoms with van der Waals surface area (Å²) in [7, 11) is 0. The second-order valence-corrected chi connectivity index (χ2v) is 3.56. The van der Waals surface area contributed by atoms with Crippen molar-refractivity contribution < 1.29 is 9.53 Å². The van der Waals surface area contributed by atoms with Gasteiger partial charge in [0, 0.05) is 10.0 Å². The predicted octanol–water partition coefficient (Wildman–Crippen LogP) is 2.29. The minimum absolute atomic E-state index is 0.558. The van der Waals surface area contributed by atoms with Gasteiger partial charge in [-0.1, -0.05) is 22.0 Å². The monoisotopic (exact) mass is 226 g/mol. The number of carbonyl (C=O) groups is 1. The highest BCUT2D eigenvalue weighted by Crippen LogP contribution is 2.29. The lowest BCUT2D eigenvalue weighted by atomic mass is 10.1. The molecule has 2 nitrogen and oxygen atoms in total. The van der Waals surface area contributed by atoms with Gasteiger partial charge in [0.2, 0.25) is 0 Å². The third-order valence-electron chi connectivity index (χ3n) is 2.03. The molecule has 0 amide bonds. The van der Waals surface area contributed by atoms with Gasteiger partial charge in [0.25, 0.3) is 0 Å². The van der Waals surface area contributed by atoms with Gasteiger partial charge in [-0.25, -0.2) is 0 Å². The van der Waals surface area contributed by atoms with Gasteiger partial charge in [0.15, 0.2) is 0 Å². The van der Waals surface area contributed by atoms with Crippen molar-refractivity contribution in [2.45, 2.75) is 13.2 Å². The summed E-state index contributed by atoms with van der Waals surface area (Å²) < 4.78 is 6.28. The quantitative estimate of drug-likeness (QED) is 0.688. The van der Waals surface area contributed by atoms with Gasteiger partial charge in [-0.05, 0) is 17.2 Å². The molecule has 1 aliphatic rings. The molecule has 0 N–H and O–H groups in total. The maximum Gasteiger partial charge on any atom is 0.150 e. The first-order chi connectivity index (χ1) is 5.83. The maximum absolute atomic E-state index is 10.6. The minimum atomic E-state index is 0.558. The third-order valence-corrected chi connectivity index (χ3v) is 2.77. The van der Waals surface area contributed by atoms with Crippen LogP contribution in [0.15, 0.2) is 16.6 Å². The van der Waals surface area contributed by atoms with E-state index >= 15 is 0 Å². The Morgan fingerprint density at radius 3 is 2.83 bits per heavy atom. The van der Waals surface area contributed by atoms with E-state index in [1.54, 1.807) is 0 Å². The van der Waals surface area contributed by atoms with Gasteiger partial charge in [0.1, 0.15) is 6.29 Å². The smallest absolute Gasteiger partial charge is 0.150 e. The first kappa shape index (κ1) is 7.95. The van der Waals surface area contributed by atoms with Crippen LogP contribution in [0, 0.1) is 0 Å². The summed E-state index contributed by atoms with van der Waals surface area (Å²) in [4.78, 5) is 10.6. The second kappa shape index (κ2) is 2.99. The molecule has 0 radical (unpaired) electrons. The molecular formula is C9H7BrO2. The van der Waals surface area contributed by atoms with Crippen LogP contribution >= 0.6 is 15.9 Å². The summed E-state index contributed by atoms with van der Waals surface area (Å²) in [5.41, 5.74) is 2.88. The van der Waals surface area contributed by atoms with E-state index in [0.717, 1.165) is 27.4 Å². The van der Waals surface area contributed by atoms with Crippen molar-refractivity contribution >= 4 is 22.2 Å². The average molecular weight is 227 g/mol. The summed E-state index contributed by atoms with van der Waals surface area (Å²) in [6.45, 7) is 1.17. The summed E-state index contributed by atoms with van der Waals surface area (Å²) in [6, 6.07) is 3.70. The third kappa shape index (κ3) is 1.09. The van der Waals surface area contributed by atoms with Gasteiger partial charge >= 0.3 is 0 Å². The number of aldehydes is 1. The molecule has 3 heteroatoms. The number of halogens is 1. The molecule has 0 aromatic heterocycles. The fraction of sp³-hybridized carbons (Fsp3) is 0.222. The standard InChI is InChI=1S/C9H7BrO2/c10-9-2-1-6(3-11)7-4-12-5-8(7)9/h1-3H,4-5H2. The van der Waals surface area contributed by atoms with Gasteiger partial charge in [-0.3, -0.25) is 4.79 Å². The second-order valence-electron chi connectivity index (χ2n) is 2.70. The largest absolute Gasteiger partial charge is 0.372 e. The summed E-state index contributed by atoms with van der Waals surface area (Å²) in [5, 5.41) is 0. The van der Waals surface area contributed by atoms with Crippen molar-refractivity contribution in [3.05, 3.63) is 33.3 Å². The van der Waals surface area contributed by atoms with Crippen molar-refractivity contribution in [3.63, 3.8) is 0 Å². The Labute approximate surface area is 78.7 Å². The molecule has 0 aliphatic carbocycles. The Balaban J connectivity index is 2.64. The molecule has 0 atom stereocenters. The normalized spacial score (nSPS) is 14.4. The maximum atomic E-state index is 10.6. The lowest BCUT2D eigenvalue weighted by Gasteiger charge is -2.01. The van der Waals surface area contributed by atoms with E-state index in [-0.39, 0.29) is 0 Å². The van der Waals surface area contributed by atoms with Gasteiger partial charge in [-0.15, -0.1) is 0 Å². The topological polar surface area (TPSA) is 26.3 Å². The van der Waals surface area contributed by atoms with Crippen LogP contribution in [-0.4, -0.2) is 6.29 Å². The van der Waals surface area contributed by atoms with Crippen LogP contribution in [0.3, 0.4) is 0 Å². The molecule has 1 aromatic carbocycles. The van der Waals surface area contributed by atoms with Crippen LogP contribution in [0.1, 0.15) is 21.5 Å². The molecule has 0 fully saturated rings. The Bertz CT molecular complexity index is 334. The zero-order chi connectivity index (χ0) is 8.55. The molecule has 1 aliphatic heterocycles. The molecular weight excluding hydrogens is 220 g/mol. The summed E-state index contributed by atoms with van der Waals surface area (Å²) in [5.74, 6) is 0. The lowest BCUT2D eigenvalue weighted by molar-refractivity contribution is 0.111. The predicted molar refractivity (Wildman–Crippen MR) is 48.0 cm³/mol. The van der Waals surface area contributed by atoms with E-state index in [4.69, 9.17) is 4.74 Å². The van der Waals surface area contributed by atoms with E-state index in [1.165, 1.54) is 0 Å². The molecule has 0 spiro atoms. The zero-order valence-corrected chi connectivity index (χ0v) is 7.93. The Hall–Kier alpha value is -0.670. The van der Waals surface area contributed by atoms with Crippen LogP contribution < -0.4 is 0 Å². The van der Waals surface area contributed by atoms with E-state index in [1.807, 2.05) is 12.1 Å². The lowest BCUT2D eigenvalue weighted by Crippen LogP contribution is -1.91. The van der Waals surface area contributed by atoms with E-state index in [0.29, 0.717) is 13.2 Å². The van der Waals surface area contributed by atoms with Crippen molar-refractivity contribution in [2.24, 2.45) is 0 Å². The molecule has 2 rings (SSSR count). The Kier molecular flexibility index (Phi) is 1.98. The van der Waals surface area contributed by atoms with Crippen molar-refractivity contribution in [2.75, 3.05) is 0 Å². The van der Waals surface area contributed by atoms with E-state index in [9.17, 15) is 4.79 Å². The molecule has 0 saturated carbocycles. The molecule has 0 unspecified atom stereocenters. The van der Waals surface area contributed by atoms with Crippen LogP contribution in [0.5, 0.6) is 0 Å². The highest BCUT2D eigenvalue weighted by molar-refractivity contribution is 9.10. The molecule has 1 aromatic rings. The number of ether oxygens (including phenoxy) is 1. The number of rotatable bonds is 1. The minimum Gasteiger partial charge on any atom is -0.372 e. The number of hydrogen-bond donors (Lipinski definition) is 0.